The van der Waals surface area contributed by atoms with Crippen molar-refractivity contribution < 1.29 is 28.7 Å². The number of carbonyl (C=O) groups is 4. The molecule has 1 N–H and O–H groups in total. The van der Waals surface area contributed by atoms with Crippen molar-refractivity contribution >= 4 is 46.2 Å². The Morgan fingerprint density at radius 3 is 2.47 bits per heavy atom. The van der Waals surface area contributed by atoms with E-state index in [-0.39, 0.29) is 36.2 Å². The lowest BCUT2D eigenvalue weighted by Gasteiger charge is -2.26. The predicted molar refractivity (Wildman–Crippen MR) is 162 cm³/mol. The Balaban J connectivity index is 1.43. The Kier molecular flexibility index (Phi) is 7.66. The van der Waals surface area contributed by atoms with Gasteiger partial charge in [-0.2, -0.15) is 0 Å². The van der Waals surface area contributed by atoms with E-state index in [0.717, 1.165) is 5.56 Å². The van der Waals surface area contributed by atoms with Crippen LogP contribution in [0.3, 0.4) is 0 Å². The van der Waals surface area contributed by atoms with Crippen LogP contribution in [0.25, 0.3) is 11.0 Å². The fraction of sp³-hybridized carbons (Fsp3) is 0.281. The highest BCUT2D eigenvalue weighted by atomic mass is 16.6. The van der Waals surface area contributed by atoms with Gasteiger partial charge >= 0.3 is 6.09 Å². The summed E-state index contributed by atoms with van der Waals surface area (Å²) in [5.41, 5.74) is 2.50. The van der Waals surface area contributed by atoms with Crippen LogP contribution in [0.4, 0.5) is 16.2 Å². The van der Waals surface area contributed by atoms with Gasteiger partial charge in [0, 0.05) is 18.3 Å². The first-order valence-corrected chi connectivity index (χ1v) is 13.7. The molecule has 0 bridgehead atoms. The number of methoxy groups -OCH3 is 1. The van der Waals surface area contributed by atoms with Crippen LogP contribution in [0.2, 0.25) is 0 Å². The first-order valence-electron chi connectivity index (χ1n) is 13.7. The molecule has 0 saturated carbocycles. The summed E-state index contributed by atoms with van der Waals surface area (Å²) in [6.07, 6.45) is -0.373. The third kappa shape index (κ3) is 5.78. The Morgan fingerprint density at radius 2 is 1.74 bits per heavy atom. The average molecular weight is 584 g/mol. The van der Waals surface area contributed by atoms with Gasteiger partial charge in [0.2, 0.25) is 5.91 Å². The van der Waals surface area contributed by atoms with Gasteiger partial charge in [-0.1, -0.05) is 24.3 Å². The van der Waals surface area contributed by atoms with E-state index >= 15 is 0 Å². The Bertz CT molecular complexity index is 1770. The van der Waals surface area contributed by atoms with Crippen LogP contribution >= 0.6 is 0 Å². The third-order valence-electron chi connectivity index (χ3n) is 7.02. The van der Waals surface area contributed by atoms with Gasteiger partial charge in [-0.3, -0.25) is 19.3 Å². The lowest BCUT2D eigenvalue weighted by molar-refractivity contribution is -0.128. The van der Waals surface area contributed by atoms with Crippen molar-refractivity contribution in [2.75, 3.05) is 31.0 Å². The number of benzene rings is 3. The highest BCUT2D eigenvalue weighted by Gasteiger charge is 2.29. The summed E-state index contributed by atoms with van der Waals surface area (Å²) < 4.78 is 12.4. The molecular formula is C32H33N5O6. The summed E-state index contributed by atoms with van der Waals surface area (Å²) in [7, 11) is 3.07. The molecule has 5 rings (SSSR count). The minimum absolute atomic E-state index is 0.0819. The standard InChI is InChI=1S/C32H33N5O6/c1-19-33-28-23(11-9-13-25(28)37(19)31(41)43-32(2,3)4)34-29(39)22-15-14-21(16-26(22)42-6)30(40)36-18-35(5)27(38)17-20-10-7-8-12-24(20)36/h7-16H,17-18H2,1-6H3,(H,34,39). The number of imidazole rings is 1. The number of amides is 3. The molecule has 1 aliphatic rings. The number of fused-ring (bicyclic) bond motifs is 2. The Hall–Kier alpha value is -5.19. The van der Waals surface area contributed by atoms with Gasteiger partial charge in [-0.25, -0.2) is 14.3 Å². The monoisotopic (exact) mass is 583 g/mol. The van der Waals surface area contributed by atoms with Gasteiger partial charge in [0.05, 0.1) is 30.3 Å². The third-order valence-corrected chi connectivity index (χ3v) is 7.02. The van der Waals surface area contributed by atoms with Crippen LogP contribution in [-0.4, -0.2) is 64.7 Å². The molecule has 4 aromatic rings. The molecule has 0 saturated heterocycles. The predicted octanol–water partition coefficient (Wildman–Crippen LogP) is 5.01. The zero-order valence-corrected chi connectivity index (χ0v) is 24.9. The Labute approximate surface area is 249 Å². The van der Waals surface area contributed by atoms with Crippen LogP contribution in [-0.2, 0) is 16.0 Å². The number of ether oxygens (including phenoxy) is 2. The van der Waals surface area contributed by atoms with E-state index in [4.69, 9.17) is 9.47 Å². The summed E-state index contributed by atoms with van der Waals surface area (Å²) in [6.45, 7) is 7.11. The van der Waals surface area contributed by atoms with Crippen molar-refractivity contribution in [2.24, 2.45) is 0 Å². The molecule has 222 valence electrons. The molecule has 0 spiro atoms. The number of aromatic nitrogens is 2. The molecule has 0 unspecified atom stereocenters. The quantitative estimate of drug-likeness (QED) is 0.358. The SMILES string of the molecule is COc1cc(C(=O)N2CN(C)C(=O)Cc3ccccc32)ccc1C(=O)Nc1cccc2c1nc(C)n2C(=O)OC(C)(C)C. The summed E-state index contributed by atoms with van der Waals surface area (Å²) >= 11 is 0. The van der Waals surface area contributed by atoms with Crippen LogP contribution in [0.1, 0.15) is 52.9 Å². The highest BCUT2D eigenvalue weighted by Crippen LogP contribution is 2.30. The van der Waals surface area contributed by atoms with Gasteiger partial charge in [-0.05, 0) is 69.7 Å². The maximum Gasteiger partial charge on any atom is 0.420 e. The van der Waals surface area contributed by atoms with E-state index < -0.39 is 17.6 Å². The smallest absolute Gasteiger partial charge is 0.420 e. The number of rotatable bonds is 4. The molecule has 3 amide bonds. The van der Waals surface area contributed by atoms with Crippen molar-refractivity contribution in [3.63, 3.8) is 0 Å². The first kappa shape index (κ1) is 29.3. The largest absolute Gasteiger partial charge is 0.496 e. The number of hydrogen-bond donors (Lipinski definition) is 1. The zero-order chi connectivity index (χ0) is 31.1. The average Bonchev–Trinajstić information content (AvgIpc) is 3.24. The van der Waals surface area contributed by atoms with E-state index in [9.17, 15) is 19.2 Å². The first-order chi connectivity index (χ1) is 20.4. The molecule has 2 heterocycles. The number of nitrogens with one attached hydrogen (secondary N) is 1. The highest BCUT2D eigenvalue weighted by molar-refractivity contribution is 6.12. The molecule has 0 atom stereocenters. The van der Waals surface area contributed by atoms with E-state index in [0.29, 0.717) is 33.8 Å². The summed E-state index contributed by atoms with van der Waals surface area (Å²) in [4.78, 5) is 60.1. The lowest BCUT2D eigenvalue weighted by atomic mass is 10.1. The molecule has 11 heteroatoms. The van der Waals surface area contributed by atoms with Crippen LogP contribution in [0, 0.1) is 6.92 Å². The molecule has 0 radical (unpaired) electrons. The van der Waals surface area contributed by atoms with E-state index in [2.05, 4.69) is 10.3 Å². The molecule has 3 aromatic carbocycles. The minimum Gasteiger partial charge on any atom is -0.496 e. The number of anilines is 2. The van der Waals surface area contributed by atoms with Gasteiger partial charge in [0.1, 0.15) is 29.4 Å². The maximum absolute atomic E-state index is 13.7. The van der Waals surface area contributed by atoms with E-state index in [1.54, 1.807) is 63.9 Å². The van der Waals surface area contributed by atoms with E-state index in [1.165, 1.54) is 28.7 Å². The topological polar surface area (TPSA) is 123 Å². The number of para-hydroxylation sites is 2. The second kappa shape index (κ2) is 11.2. The molecule has 11 nitrogen and oxygen atoms in total. The van der Waals surface area contributed by atoms with Gasteiger partial charge in [-0.15, -0.1) is 0 Å². The van der Waals surface area contributed by atoms with Crippen molar-refractivity contribution in [1.29, 1.82) is 0 Å². The number of nitrogens with zero attached hydrogens (tertiary/aromatic N) is 4. The minimum atomic E-state index is -0.694. The lowest BCUT2D eigenvalue weighted by Crippen LogP contribution is -2.41. The fourth-order valence-corrected chi connectivity index (χ4v) is 4.97. The second-order valence-corrected chi connectivity index (χ2v) is 11.3. The number of aryl methyl sites for hydroxylation is 1. The molecule has 0 fully saturated rings. The summed E-state index contributed by atoms with van der Waals surface area (Å²) in [6, 6.07) is 17.0. The van der Waals surface area contributed by atoms with Crippen molar-refractivity contribution in [3.8, 4) is 5.75 Å². The second-order valence-electron chi connectivity index (χ2n) is 11.3. The van der Waals surface area contributed by atoms with Gasteiger partial charge < -0.3 is 19.7 Å². The van der Waals surface area contributed by atoms with Gasteiger partial charge in [0.25, 0.3) is 11.8 Å². The van der Waals surface area contributed by atoms with Crippen molar-refractivity contribution in [2.45, 2.75) is 39.7 Å². The molecule has 0 aliphatic carbocycles. The molecular weight excluding hydrogens is 550 g/mol. The van der Waals surface area contributed by atoms with Crippen LogP contribution < -0.4 is 15.0 Å². The Morgan fingerprint density at radius 1 is 1.00 bits per heavy atom. The molecule has 1 aliphatic heterocycles. The number of hydrogen-bond acceptors (Lipinski definition) is 7. The normalized spacial score (nSPS) is 13.4. The number of likely N-dealkylation sites (N-methyl/N-ethyl adjacent to an activating group) is 1. The van der Waals surface area contributed by atoms with Crippen molar-refractivity contribution in [1.82, 2.24) is 14.5 Å². The van der Waals surface area contributed by atoms with Crippen LogP contribution in [0.5, 0.6) is 5.75 Å². The fourth-order valence-electron chi connectivity index (χ4n) is 4.97. The number of carbonyl (C=O) groups excluding carboxylic acids is 4. The summed E-state index contributed by atoms with van der Waals surface area (Å²) in [5, 5.41) is 2.86. The zero-order valence-electron chi connectivity index (χ0n) is 24.9. The maximum atomic E-state index is 13.7. The molecule has 1 aromatic heterocycles. The van der Waals surface area contributed by atoms with Crippen LogP contribution in [0.15, 0.2) is 60.7 Å². The summed E-state index contributed by atoms with van der Waals surface area (Å²) in [5.74, 6) is -0.314. The molecule has 43 heavy (non-hydrogen) atoms. The van der Waals surface area contributed by atoms with Gasteiger partial charge in [0.15, 0.2) is 0 Å². The van der Waals surface area contributed by atoms with Crippen molar-refractivity contribution in [3.05, 3.63) is 83.2 Å². The van der Waals surface area contributed by atoms with E-state index in [1.807, 2.05) is 24.3 Å².